The lowest BCUT2D eigenvalue weighted by Crippen LogP contribution is -2.41. The van der Waals surface area contributed by atoms with E-state index < -0.39 is 15.9 Å². The van der Waals surface area contributed by atoms with Gasteiger partial charge in [-0.3, -0.25) is 9.59 Å². The first kappa shape index (κ1) is 14.4. The maximum absolute atomic E-state index is 11.2. The number of Topliss-reactive ketones (excluding diaryl/α,β-unsaturated/α-hetero) is 1. The Morgan fingerprint density at radius 2 is 1.93 bits per heavy atom. The van der Waals surface area contributed by atoms with Crippen LogP contribution in [0.1, 0.15) is 13.3 Å². The number of rotatable bonds is 6. The molecule has 0 aromatic heterocycles. The third-order valence-corrected chi connectivity index (χ3v) is 2.92. The van der Waals surface area contributed by atoms with Gasteiger partial charge in [-0.1, -0.05) is 0 Å². The first-order valence-corrected chi connectivity index (χ1v) is 6.89. The predicted molar refractivity (Wildman–Crippen MR) is 57.7 cm³/mol. The number of hydrogen-bond donors (Lipinski definition) is 1. The number of hydrogen-bond acceptors (Lipinski definition) is 4. The van der Waals surface area contributed by atoms with Crippen molar-refractivity contribution < 1.29 is 18.0 Å². The number of halogens is 1. The molecule has 7 heteroatoms. The number of alkyl halides is 1. The summed E-state index contributed by atoms with van der Waals surface area (Å²) < 4.78 is 21.8. The van der Waals surface area contributed by atoms with Gasteiger partial charge < -0.3 is 5.32 Å². The molecule has 5 nitrogen and oxygen atoms in total. The number of nitrogens with one attached hydrogen (secondary N) is 1. The molecule has 0 heterocycles. The highest BCUT2D eigenvalue weighted by molar-refractivity contribution is 7.90. The topological polar surface area (TPSA) is 80.3 Å². The van der Waals surface area contributed by atoms with Gasteiger partial charge >= 0.3 is 0 Å². The molecular formula is C8H14ClNO4S. The summed E-state index contributed by atoms with van der Waals surface area (Å²) in [7, 11) is -3.14. The van der Waals surface area contributed by atoms with Gasteiger partial charge in [-0.15, -0.1) is 11.6 Å². The molecule has 0 aliphatic carbocycles. The number of carbonyl (C=O) groups is 2. The molecule has 1 amide bonds. The Morgan fingerprint density at radius 3 is 2.27 bits per heavy atom. The Kier molecular flexibility index (Phi) is 5.82. The predicted octanol–water partition coefficient (Wildman–Crippen LogP) is -0.266. The van der Waals surface area contributed by atoms with Crippen LogP contribution in [0.5, 0.6) is 0 Å². The normalized spacial score (nSPS) is 13.3. The van der Waals surface area contributed by atoms with Crippen LogP contribution in [0.3, 0.4) is 0 Å². The van der Waals surface area contributed by atoms with Crippen molar-refractivity contribution in [3.63, 3.8) is 0 Å². The highest BCUT2D eigenvalue weighted by Gasteiger charge is 2.19. The molecule has 0 bridgehead atoms. The Bertz CT molecular complexity index is 339. The summed E-state index contributed by atoms with van der Waals surface area (Å²) in [5, 5.41) is 2.37. The summed E-state index contributed by atoms with van der Waals surface area (Å²) in [5.41, 5.74) is 0. The van der Waals surface area contributed by atoms with Gasteiger partial charge in [-0.05, 0) is 6.42 Å². The monoisotopic (exact) mass is 255 g/mol. The lowest BCUT2D eigenvalue weighted by molar-refractivity contribution is -0.125. The van der Waals surface area contributed by atoms with Gasteiger partial charge in [-0.2, -0.15) is 0 Å². The summed E-state index contributed by atoms with van der Waals surface area (Å²) in [6.07, 6.45) is 1.13. The molecule has 0 saturated carbocycles. The van der Waals surface area contributed by atoms with Gasteiger partial charge in [0.2, 0.25) is 5.91 Å². The van der Waals surface area contributed by atoms with Crippen LogP contribution in [0.15, 0.2) is 0 Å². The Hall–Kier alpha value is -0.620. The van der Waals surface area contributed by atoms with Crippen LogP contribution in [0.2, 0.25) is 0 Å². The quantitative estimate of drug-likeness (QED) is 0.663. The molecule has 1 N–H and O–H groups in total. The van der Waals surface area contributed by atoms with E-state index in [1.165, 1.54) is 6.92 Å². The van der Waals surface area contributed by atoms with Crippen molar-refractivity contribution in [2.24, 2.45) is 0 Å². The van der Waals surface area contributed by atoms with E-state index in [0.29, 0.717) is 0 Å². The molecule has 0 spiro atoms. The summed E-state index contributed by atoms with van der Waals surface area (Å²) in [6, 6.07) is -0.810. The molecule has 0 radical (unpaired) electrons. The van der Waals surface area contributed by atoms with Crippen LogP contribution < -0.4 is 5.32 Å². The van der Waals surface area contributed by atoms with Crippen LogP contribution in [0.25, 0.3) is 0 Å². The van der Waals surface area contributed by atoms with E-state index >= 15 is 0 Å². The number of carbonyl (C=O) groups excluding carboxylic acids is 2. The standard InChI is InChI=1S/C8H14ClNO4S/c1-6(11)10-7(8(12)5-9)3-4-15(2,13)14/h7H,3-5H2,1-2H3,(H,10,11). The van der Waals surface area contributed by atoms with Crippen LogP contribution in [-0.2, 0) is 19.4 Å². The van der Waals surface area contributed by atoms with Crippen molar-refractivity contribution in [1.29, 1.82) is 0 Å². The maximum atomic E-state index is 11.2. The highest BCUT2D eigenvalue weighted by Crippen LogP contribution is 1.99. The van der Waals surface area contributed by atoms with E-state index in [-0.39, 0.29) is 29.7 Å². The Morgan fingerprint density at radius 1 is 1.40 bits per heavy atom. The van der Waals surface area contributed by atoms with Gasteiger partial charge in [0.05, 0.1) is 17.7 Å². The molecule has 1 unspecified atom stereocenters. The average Bonchev–Trinajstić information content (AvgIpc) is 2.09. The Balaban J connectivity index is 4.38. The second kappa shape index (κ2) is 6.07. The van der Waals surface area contributed by atoms with Crippen molar-refractivity contribution in [3.05, 3.63) is 0 Å². The third kappa shape index (κ3) is 7.33. The first-order valence-electron chi connectivity index (χ1n) is 4.29. The van der Waals surface area contributed by atoms with Crippen molar-refractivity contribution >= 4 is 33.1 Å². The fourth-order valence-electron chi connectivity index (χ4n) is 0.984. The molecule has 15 heavy (non-hydrogen) atoms. The van der Waals surface area contributed by atoms with Crippen molar-refractivity contribution in [2.75, 3.05) is 17.9 Å². The number of ketones is 1. The summed E-state index contributed by atoms with van der Waals surface area (Å²) in [6.45, 7) is 1.26. The van der Waals surface area contributed by atoms with E-state index in [1.54, 1.807) is 0 Å². The summed E-state index contributed by atoms with van der Waals surface area (Å²) in [5.74, 6) is -1.16. The van der Waals surface area contributed by atoms with E-state index in [2.05, 4.69) is 5.32 Å². The molecule has 0 aliphatic rings. The van der Waals surface area contributed by atoms with Crippen LogP contribution in [-0.4, -0.2) is 44.0 Å². The van der Waals surface area contributed by atoms with Crippen molar-refractivity contribution in [3.8, 4) is 0 Å². The summed E-state index contributed by atoms with van der Waals surface area (Å²) in [4.78, 5) is 22.0. The second-order valence-electron chi connectivity index (χ2n) is 3.27. The van der Waals surface area contributed by atoms with Gasteiger partial charge in [0.1, 0.15) is 9.84 Å². The molecule has 0 fully saturated rings. The van der Waals surface area contributed by atoms with Gasteiger partial charge in [0.25, 0.3) is 0 Å². The fourth-order valence-corrected chi connectivity index (χ4v) is 1.83. The van der Waals surface area contributed by atoms with Crippen molar-refractivity contribution in [1.82, 2.24) is 5.32 Å². The van der Waals surface area contributed by atoms with Crippen LogP contribution >= 0.6 is 11.6 Å². The van der Waals surface area contributed by atoms with Gasteiger partial charge in [0.15, 0.2) is 5.78 Å². The molecule has 1 atom stereocenters. The molecule has 0 aromatic carbocycles. The second-order valence-corrected chi connectivity index (χ2v) is 5.80. The lowest BCUT2D eigenvalue weighted by Gasteiger charge is -2.14. The number of amides is 1. The molecule has 0 aliphatic heterocycles. The molecule has 0 saturated heterocycles. The third-order valence-electron chi connectivity index (χ3n) is 1.68. The SMILES string of the molecule is CC(=O)NC(CCS(C)(=O)=O)C(=O)CCl. The lowest BCUT2D eigenvalue weighted by atomic mass is 10.1. The average molecular weight is 256 g/mol. The van der Waals surface area contributed by atoms with Crippen molar-refractivity contribution in [2.45, 2.75) is 19.4 Å². The van der Waals surface area contributed by atoms with Gasteiger partial charge in [0, 0.05) is 13.2 Å². The fraction of sp³-hybridized carbons (Fsp3) is 0.750. The minimum atomic E-state index is -3.14. The molecule has 0 aromatic rings. The van der Waals surface area contributed by atoms with E-state index in [0.717, 1.165) is 6.26 Å². The smallest absolute Gasteiger partial charge is 0.217 e. The largest absolute Gasteiger partial charge is 0.346 e. The van der Waals surface area contributed by atoms with E-state index in [9.17, 15) is 18.0 Å². The zero-order chi connectivity index (χ0) is 12.1. The highest BCUT2D eigenvalue weighted by atomic mass is 35.5. The molecular weight excluding hydrogens is 242 g/mol. The zero-order valence-corrected chi connectivity index (χ0v) is 10.2. The summed E-state index contributed by atoms with van der Waals surface area (Å²) >= 11 is 5.33. The zero-order valence-electron chi connectivity index (χ0n) is 8.62. The van der Waals surface area contributed by atoms with E-state index in [1.807, 2.05) is 0 Å². The van der Waals surface area contributed by atoms with Crippen LogP contribution in [0.4, 0.5) is 0 Å². The van der Waals surface area contributed by atoms with E-state index in [4.69, 9.17) is 11.6 Å². The van der Waals surface area contributed by atoms with Gasteiger partial charge in [-0.25, -0.2) is 8.42 Å². The Labute approximate surface area is 94.1 Å². The van der Waals surface area contributed by atoms with Crippen LogP contribution in [0, 0.1) is 0 Å². The minimum Gasteiger partial charge on any atom is -0.346 e. The maximum Gasteiger partial charge on any atom is 0.217 e. The number of sulfone groups is 1. The molecule has 88 valence electrons. The first-order chi connectivity index (χ1) is 6.76. The minimum absolute atomic E-state index is 0.0595. The molecule has 0 rings (SSSR count).